The van der Waals surface area contributed by atoms with Crippen molar-refractivity contribution in [3.05, 3.63) is 107 Å². The largest absolute Gasteiger partial charge is 0.497 e. The number of methoxy groups -OCH3 is 2. The van der Waals surface area contributed by atoms with Crippen LogP contribution in [0.5, 0.6) is 11.5 Å². The van der Waals surface area contributed by atoms with Gasteiger partial charge in [-0.05, 0) is 59.9 Å². The Balaban J connectivity index is 1.70. The summed E-state index contributed by atoms with van der Waals surface area (Å²) in [6.45, 7) is 5.69. The number of anilines is 2. The number of rotatable bonds is 14. The van der Waals surface area contributed by atoms with Crippen LogP contribution in [0.2, 0.25) is 0 Å². The number of aromatic nitrogens is 2. The van der Waals surface area contributed by atoms with Crippen molar-refractivity contribution >= 4 is 23.4 Å². The minimum atomic E-state index is 0.306. The second-order valence-corrected chi connectivity index (χ2v) is 10.3. The molecule has 7 heteroatoms. The van der Waals surface area contributed by atoms with Crippen molar-refractivity contribution in [2.45, 2.75) is 58.1 Å². The smallest absolute Gasteiger partial charge is 0.228 e. The van der Waals surface area contributed by atoms with Crippen molar-refractivity contribution < 1.29 is 9.47 Å². The van der Waals surface area contributed by atoms with Gasteiger partial charge in [0.25, 0.3) is 0 Å². The number of nitrogens with one attached hydrogen (secondary N) is 1. The maximum Gasteiger partial charge on any atom is 0.228 e. The highest BCUT2D eigenvalue weighted by molar-refractivity contribution is 6.17. The standard InChI is InChI=1S/C33H39ClN4O2/c1-5-6-24(2)35-32-20-29(19-25-7-9-26(21-34)10-8-25)36-33(37-32)38(22-27-11-15-30(39-3)16-12-27)23-28-13-17-31(40-4)18-14-28/h7-18,20,24H,5-6,19,21-23H2,1-4H3,(H,35,36,37). The van der Waals surface area contributed by atoms with Crippen LogP contribution in [0.25, 0.3) is 0 Å². The molecular formula is C33H39ClN4O2. The maximum atomic E-state index is 6.01. The van der Waals surface area contributed by atoms with Crippen molar-refractivity contribution in [3.63, 3.8) is 0 Å². The Kier molecular flexibility index (Phi) is 10.6. The van der Waals surface area contributed by atoms with Crippen molar-refractivity contribution in [2.75, 3.05) is 24.4 Å². The molecule has 1 unspecified atom stereocenters. The van der Waals surface area contributed by atoms with Gasteiger partial charge < -0.3 is 19.7 Å². The summed E-state index contributed by atoms with van der Waals surface area (Å²) in [5.41, 5.74) is 5.55. The van der Waals surface area contributed by atoms with Gasteiger partial charge in [0, 0.05) is 37.5 Å². The van der Waals surface area contributed by atoms with Crippen molar-refractivity contribution in [1.29, 1.82) is 0 Å². The van der Waals surface area contributed by atoms with E-state index in [4.69, 9.17) is 31.0 Å². The highest BCUT2D eigenvalue weighted by Crippen LogP contribution is 2.24. The molecule has 0 bridgehead atoms. The molecule has 0 aliphatic carbocycles. The lowest BCUT2D eigenvalue weighted by Crippen LogP contribution is -2.26. The Morgan fingerprint density at radius 3 is 1.80 bits per heavy atom. The molecule has 0 aliphatic heterocycles. The third kappa shape index (κ3) is 8.36. The number of halogens is 1. The van der Waals surface area contributed by atoms with Gasteiger partial charge in [0.1, 0.15) is 17.3 Å². The minimum Gasteiger partial charge on any atom is -0.497 e. The second-order valence-electron chi connectivity index (χ2n) is 10.1. The molecule has 1 aromatic heterocycles. The van der Waals surface area contributed by atoms with E-state index in [1.165, 1.54) is 5.56 Å². The summed E-state index contributed by atoms with van der Waals surface area (Å²) in [6.07, 6.45) is 2.87. The summed E-state index contributed by atoms with van der Waals surface area (Å²) in [7, 11) is 3.36. The average Bonchev–Trinajstić information content (AvgIpc) is 2.98. The van der Waals surface area contributed by atoms with Crippen molar-refractivity contribution in [3.8, 4) is 11.5 Å². The molecule has 3 aromatic carbocycles. The first-order valence-electron chi connectivity index (χ1n) is 13.8. The van der Waals surface area contributed by atoms with E-state index in [9.17, 15) is 0 Å². The van der Waals surface area contributed by atoms with Crippen LogP contribution < -0.4 is 19.7 Å². The molecular weight excluding hydrogens is 520 g/mol. The van der Waals surface area contributed by atoms with Crippen molar-refractivity contribution in [1.82, 2.24) is 9.97 Å². The van der Waals surface area contributed by atoms with Crippen molar-refractivity contribution in [2.24, 2.45) is 0 Å². The molecule has 0 spiro atoms. The molecule has 40 heavy (non-hydrogen) atoms. The molecule has 0 radical (unpaired) electrons. The number of hydrogen-bond donors (Lipinski definition) is 1. The van der Waals surface area contributed by atoms with Crippen LogP contribution in [-0.4, -0.2) is 30.2 Å². The number of nitrogens with zero attached hydrogens (tertiary/aromatic N) is 3. The quantitative estimate of drug-likeness (QED) is 0.161. The average molecular weight is 559 g/mol. The van der Waals surface area contributed by atoms with Gasteiger partial charge in [0.2, 0.25) is 5.95 Å². The van der Waals surface area contributed by atoms with Gasteiger partial charge >= 0.3 is 0 Å². The summed E-state index contributed by atoms with van der Waals surface area (Å²) in [5.74, 6) is 3.70. The molecule has 1 N–H and O–H groups in total. The molecule has 4 aromatic rings. The number of ether oxygens (including phenoxy) is 2. The predicted molar refractivity (Wildman–Crippen MR) is 165 cm³/mol. The molecule has 210 valence electrons. The first kappa shape index (κ1) is 29.2. The molecule has 1 atom stereocenters. The zero-order chi connectivity index (χ0) is 28.3. The lowest BCUT2D eigenvalue weighted by molar-refractivity contribution is 0.414. The molecule has 0 amide bonds. The third-order valence-electron chi connectivity index (χ3n) is 6.79. The first-order valence-corrected chi connectivity index (χ1v) is 14.3. The maximum absolute atomic E-state index is 6.01. The fourth-order valence-corrected chi connectivity index (χ4v) is 4.78. The molecule has 1 heterocycles. The van der Waals surface area contributed by atoms with Gasteiger partial charge in [-0.2, -0.15) is 4.98 Å². The van der Waals surface area contributed by atoms with E-state index < -0.39 is 0 Å². The molecule has 0 saturated heterocycles. The van der Waals surface area contributed by atoms with E-state index >= 15 is 0 Å². The Hall–Kier alpha value is -3.77. The summed E-state index contributed by atoms with van der Waals surface area (Å²) in [5, 5.41) is 3.61. The first-order chi connectivity index (χ1) is 19.5. The molecule has 6 nitrogen and oxygen atoms in total. The SMILES string of the molecule is CCCC(C)Nc1cc(Cc2ccc(CCl)cc2)nc(N(Cc2ccc(OC)cc2)Cc2ccc(OC)cc2)n1. The number of alkyl halides is 1. The van der Waals surface area contributed by atoms with Gasteiger partial charge in [-0.25, -0.2) is 4.98 Å². The molecule has 0 aliphatic rings. The van der Waals surface area contributed by atoms with Gasteiger partial charge in [-0.15, -0.1) is 11.6 Å². The molecule has 4 rings (SSSR count). The van der Waals surface area contributed by atoms with Crippen LogP contribution in [0.3, 0.4) is 0 Å². The minimum absolute atomic E-state index is 0.306. The summed E-state index contributed by atoms with van der Waals surface area (Å²) in [6, 6.07) is 27.1. The van der Waals surface area contributed by atoms with E-state index in [0.717, 1.165) is 52.5 Å². The fraction of sp³-hybridized carbons (Fsp3) is 0.333. The summed E-state index contributed by atoms with van der Waals surface area (Å²) < 4.78 is 10.7. The summed E-state index contributed by atoms with van der Waals surface area (Å²) >= 11 is 6.01. The van der Waals surface area contributed by atoms with Crippen LogP contribution in [0.4, 0.5) is 11.8 Å². The highest BCUT2D eigenvalue weighted by Gasteiger charge is 2.16. The summed E-state index contributed by atoms with van der Waals surface area (Å²) in [4.78, 5) is 12.3. The van der Waals surface area contributed by atoms with Gasteiger partial charge in [0.05, 0.1) is 19.9 Å². The Morgan fingerprint density at radius 1 is 0.775 bits per heavy atom. The van der Waals surface area contributed by atoms with Crippen LogP contribution in [-0.2, 0) is 25.4 Å². The molecule has 0 fully saturated rings. The van der Waals surface area contributed by atoms with Gasteiger partial charge in [-0.3, -0.25) is 0 Å². The Labute approximate surface area is 243 Å². The Bertz CT molecular complexity index is 1280. The Morgan fingerprint density at radius 2 is 1.30 bits per heavy atom. The zero-order valence-corrected chi connectivity index (χ0v) is 24.6. The zero-order valence-electron chi connectivity index (χ0n) is 23.9. The highest BCUT2D eigenvalue weighted by atomic mass is 35.5. The van der Waals surface area contributed by atoms with E-state index in [0.29, 0.717) is 37.4 Å². The lowest BCUT2D eigenvalue weighted by Gasteiger charge is -2.25. The predicted octanol–water partition coefficient (Wildman–Crippen LogP) is 7.63. The number of benzene rings is 3. The van der Waals surface area contributed by atoms with Crippen LogP contribution in [0.15, 0.2) is 78.9 Å². The third-order valence-corrected chi connectivity index (χ3v) is 7.10. The lowest BCUT2D eigenvalue weighted by atomic mass is 10.1. The normalized spacial score (nSPS) is 11.6. The fourth-order valence-electron chi connectivity index (χ4n) is 4.60. The van der Waals surface area contributed by atoms with E-state index in [1.54, 1.807) is 14.2 Å². The van der Waals surface area contributed by atoms with E-state index in [-0.39, 0.29) is 0 Å². The number of hydrogen-bond acceptors (Lipinski definition) is 6. The van der Waals surface area contributed by atoms with E-state index in [2.05, 4.69) is 78.7 Å². The molecule has 0 saturated carbocycles. The van der Waals surface area contributed by atoms with Gasteiger partial charge in [0.15, 0.2) is 0 Å². The monoisotopic (exact) mass is 558 g/mol. The van der Waals surface area contributed by atoms with E-state index in [1.807, 2.05) is 24.3 Å². The topological polar surface area (TPSA) is 59.5 Å². The van der Waals surface area contributed by atoms with Crippen LogP contribution >= 0.6 is 11.6 Å². The van der Waals surface area contributed by atoms with Gasteiger partial charge in [-0.1, -0.05) is 61.9 Å². The second kappa shape index (κ2) is 14.6. The van der Waals surface area contributed by atoms with Crippen LogP contribution in [0, 0.1) is 0 Å². The van der Waals surface area contributed by atoms with Crippen LogP contribution in [0.1, 0.15) is 54.6 Å².